The lowest BCUT2D eigenvalue weighted by atomic mass is 10.1. The van der Waals surface area contributed by atoms with Crippen LogP contribution in [0.2, 0.25) is 0 Å². The van der Waals surface area contributed by atoms with E-state index < -0.39 is 12.1 Å². The number of hydrogen-bond acceptors (Lipinski definition) is 3. The molecule has 4 nitrogen and oxygen atoms in total. The van der Waals surface area contributed by atoms with Gasteiger partial charge in [-0.15, -0.1) is 0 Å². The summed E-state index contributed by atoms with van der Waals surface area (Å²) in [5.41, 5.74) is 1.13. The highest BCUT2D eigenvalue weighted by molar-refractivity contribution is 5.73. The van der Waals surface area contributed by atoms with Crippen molar-refractivity contribution in [2.24, 2.45) is 0 Å². The lowest BCUT2D eigenvalue weighted by molar-refractivity contribution is -0.192. The number of carbonyl (C=O) groups is 1. The summed E-state index contributed by atoms with van der Waals surface area (Å²) in [5, 5.41) is 10.5. The van der Waals surface area contributed by atoms with E-state index in [9.17, 15) is 17.6 Å². The van der Waals surface area contributed by atoms with E-state index in [0.29, 0.717) is 6.04 Å². The first-order valence-electron chi connectivity index (χ1n) is 6.78. The van der Waals surface area contributed by atoms with Gasteiger partial charge in [0.25, 0.3) is 0 Å². The minimum absolute atomic E-state index is 0.165. The van der Waals surface area contributed by atoms with Crippen molar-refractivity contribution < 1.29 is 27.5 Å². The Morgan fingerprint density at radius 3 is 2.36 bits per heavy atom. The summed E-state index contributed by atoms with van der Waals surface area (Å²) in [4.78, 5) is 11.3. The van der Waals surface area contributed by atoms with Crippen LogP contribution in [0.3, 0.4) is 0 Å². The molecule has 1 fully saturated rings. The quantitative estimate of drug-likeness (QED) is 0.822. The van der Waals surface area contributed by atoms with Crippen molar-refractivity contribution in [3.8, 4) is 0 Å². The second-order valence-electron chi connectivity index (χ2n) is 4.74. The second kappa shape index (κ2) is 7.98. The minimum atomic E-state index is -5.08. The van der Waals surface area contributed by atoms with Crippen LogP contribution in [0, 0.1) is 5.82 Å². The topological polar surface area (TPSA) is 52.6 Å². The molecule has 0 aliphatic carbocycles. The fourth-order valence-electron chi connectivity index (χ4n) is 2.10. The number of piperazine rings is 1. The number of benzene rings is 1. The number of halogens is 4. The van der Waals surface area contributed by atoms with Gasteiger partial charge in [0.15, 0.2) is 0 Å². The summed E-state index contributed by atoms with van der Waals surface area (Å²) in [6.45, 7) is 5.22. The van der Waals surface area contributed by atoms with Crippen LogP contribution in [0.5, 0.6) is 0 Å². The van der Waals surface area contributed by atoms with Crippen LogP contribution in [-0.4, -0.2) is 42.9 Å². The molecule has 1 unspecified atom stereocenters. The van der Waals surface area contributed by atoms with Gasteiger partial charge in [-0.25, -0.2) is 9.18 Å². The Bertz CT molecular complexity index is 477. The highest BCUT2D eigenvalue weighted by Crippen LogP contribution is 2.20. The molecule has 1 aliphatic rings. The number of carboxylic acid groups (broad SMARTS) is 1. The van der Waals surface area contributed by atoms with Crippen LogP contribution in [0.25, 0.3) is 0 Å². The Balaban J connectivity index is 0.000000295. The van der Waals surface area contributed by atoms with Crippen LogP contribution >= 0.6 is 0 Å². The van der Waals surface area contributed by atoms with E-state index in [4.69, 9.17) is 9.90 Å². The molecule has 0 amide bonds. The molecule has 1 aliphatic heterocycles. The molecule has 2 rings (SSSR count). The molecule has 1 atom stereocenters. The number of aliphatic carboxylic acids is 1. The number of nitrogens with zero attached hydrogens (tertiary/aromatic N) is 1. The first-order chi connectivity index (χ1) is 10.3. The minimum Gasteiger partial charge on any atom is -0.475 e. The molecule has 8 heteroatoms. The van der Waals surface area contributed by atoms with Gasteiger partial charge >= 0.3 is 12.1 Å². The first kappa shape index (κ1) is 18.2. The number of carboxylic acids is 1. The van der Waals surface area contributed by atoms with E-state index in [-0.39, 0.29) is 5.82 Å². The van der Waals surface area contributed by atoms with Crippen molar-refractivity contribution in [1.29, 1.82) is 0 Å². The van der Waals surface area contributed by atoms with Gasteiger partial charge in [0.05, 0.1) is 0 Å². The van der Waals surface area contributed by atoms with E-state index >= 15 is 0 Å². The SMILES string of the molecule is CCC1CNCCN1c1ccc(F)cc1.O=C(O)C(F)(F)F. The van der Waals surface area contributed by atoms with Crippen LogP contribution in [0.4, 0.5) is 23.2 Å². The second-order valence-corrected chi connectivity index (χ2v) is 4.74. The molecule has 1 aromatic rings. The van der Waals surface area contributed by atoms with Gasteiger partial charge < -0.3 is 15.3 Å². The average Bonchev–Trinajstić information content (AvgIpc) is 2.47. The number of nitrogens with one attached hydrogen (secondary N) is 1. The van der Waals surface area contributed by atoms with Gasteiger partial charge in [0.1, 0.15) is 5.82 Å². The summed E-state index contributed by atoms with van der Waals surface area (Å²) in [5.74, 6) is -2.92. The third-order valence-corrected chi connectivity index (χ3v) is 3.22. The van der Waals surface area contributed by atoms with E-state index in [1.165, 1.54) is 12.1 Å². The zero-order chi connectivity index (χ0) is 16.8. The maximum absolute atomic E-state index is 12.8. The molecule has 124 valence electrons. The van der Waals surface area contributed by atoms with Crippen LogP contribution in [0.15, 0.2) is 24.3 Å². The smallest absolute Gasteiger partial charge is 0.475 e. The third kappa shape index (κ3) is 5.51. The van der Waals surface area contributed by atoms with Gasteiger partial charge in [-0.3, -0.25) is 0 Å². The molecule has 0 aromatic heterocycles. The predicted octanol–water partition coefficient (Wildman–Crippen LogP) is 2.65. The molecule has 2 N–H and O–H groups in total. The first-order valence-corrected chi connectivity index (χ1v) is 6.78. The van der Waals surface area contributed by atoms with Crippen molar-refractivity contribution in [2.45, 2.75) is 25.6 Å². The number of anilines is 1. The van der Waals surface area contributed by atoms with Crippen LogP contribution in [0.1, 0.15) is 13.3 Å². The van der Waals surface area contributed by atoms with Crippen molar-refractivity contribution >= 4 is 11.7 Å². The van der Waals surface area contributed by atoms with Crippen molar-refractivity contribution in [3.63, 3.8) is 0 Å². The summed E-state index contributed by atoms with van der Waals surface area (Å²) >= 11 is 0. The number of rotatable bonds is 2. The van der Waals surface area contributed by atoms with E-state index in [1.807, 2.05) is 12.1 Å². The predicted molar refractivity (Wildman–Crippen MR) is 74.4 cm³/mol. The fourth-order valence-corrected chi connectivity index (χ4v) is 2.10. The molecule has 1 saturated heterocycles. The Kier molecular flexibility index (Phi) is 6.61. The van der Waals surface area contributed by atoms with Crippen molar-refractivity contribution in [2.75, 3.05) is 24.5 Å². The number of alkyl halides is 3. The van der Waals surface area contributed by atoms with Crippen molar-refractivity contribution in [1.82, 2.24) is 5.32 Å². The standard InChI is InChI=1S/C12H17FN2.C2HF3O2/c1-2-11-9-14-7-8-15(11)12-5-3-10(13)4-6-12;3-2(4,5)1(6)7/h3-6,11,14H,2,7-9H2,1H3;(H,6,7). The summed E-state index contributed by atoms with van der Waals surface area (Å²) < 4.78 is 44.5. The summed E-state index contributed by atoms with van der Waals surface area (Å²) in [6.07, 6.45) is -3.97. The molecule has 0 saturated carbocycles. The number of hydrogen-bond donors (Lipinski definition) is 2. The van der Waals surface area contributed by atoms with E-state index in [1.54, 1.807) is 0 Å². The van der Waals surface area contributed by atoms with Gasteiger partial charge in [0, 0.05) is 31.4 Å². The van der Waals surface area contributed by atoms with E-state index in [0.717, 1.165) is 31.7 Å². The average molecular weight is 322 g/mol. The molecule has 0 radical (unpaired) electrons. The lowest BCUT2D eigenvalue weighted by Crippen LogP contribution is -2.51. The summed E-state index contributed by atoms with van der Waals surface area (Å²) in [7, 11) is 0. The van der Waals surface area contributed by atoms with Gasteiger partial charge in [-0.2, -0.15) is 13.2 Å². The van der Waals surface area contributed by atoms with Gasteiger partial charge in [-0.1, -0.05) is 6.92 Å². The molecule has 1 heterocycles. The molecule has 0 bridgehead atoms. The third-order valence-electron chi connectivity index (χ3n) is 3.22. The van der Waals surface area contributed by atoms with Gasteiger partial charge in [-0.05, 0) is 30.7 Å². The molecule has 22 heavy (non-hydrogen) atoms. The van der Waals surface area contributed by atoms with Crippen LogP contribution < -0.4 is 10.2 Å². The monoisotopic (exact) mass is 322 g/mol. The molecule has 0 spiro atoms. The largest absolute Gasteiger partial charge is 0.490 e. The highest BCUT2D eigenvalue weighted by atomic mass is 19.4. The zero-order valence-corrected chi connectivity index (χ0v) is 12.0. The van der Waals surface area contributed by atoms with Gasteiger partial charge in [0.2, 0.25) is 0 Å². The molecular formula is C14H18F4N2O2. The van der Waals surface area contributed by atoms with Crippen molar-refractivity contribution in [3.05, 3.63) is 30.1 Å². The summed E-state index contributed by atoms with van der Waals surface area (Å²) in [6, 6.07) is 7.32. The highest BCUT2D eigenvalue weighted by Gasteiger charge is 2.38. The van der Waals surface area contributed by atoms with Crippen LogP contribution in [-0.2, 0) is 4.79 Å². The van der Waals surface area contributed by atoms with E-state index in [2.05, 4.69) is 17.1 Å². The maximum Gasteiger partial charge on any atom is 0.490 e. The maximum atomic E-state index is 12.8. The lowest BCUT2D eigenvalue weighted by Gasteiger charge is -2.37. The zero-order valence-electron chi connectivity index (χ0n) is 12.0. The molecule has 1 aromatic carbocycles. The fraction of sp³-hybridized carbons (Fsp3) is 0.500. The Hall–Kier alpha value is -1.83. The Morgan fingerprint density at radius 1 is 1.36 bits per heavy atom. The Morgan fingerprint density at radius 2 is 1.91 bits per heavy atom. The molecular weight excluding hydrogens is 304 g/mol. The normalized spacial score (nSPS) is 18.4. The Labute approximate surface area is 125 Å².